The lowest BCUT2D eigenvalue weighted by Crippen LogP contribution is -2.46. The van der Waals surface area contributed by atoms with Crippen LogP contribution < -0.4 is 16.0 Å². The molecule has 7 nitrogen and oxygen atoms in total. The summed E-state index contributed by atoms with van der Waals surface area (Å²) in [6.07, 6.45) is 5.92. The van der Waals surface area contributed by atoms with Crippen LogP contribution in [0.5, 0.6) is 0 Å². The van der Waals surface area contributed by atoms with Crippen LogP contribution in [0.1, 0.15) is 41.6 Å². The minimum Gasteiger partial charge on any atom is -0.356 e. The van der Waals surface area contributed by atoms with E-state index in [1.165, 1.54) is 25.7 Å². The van der Waals surface area contributed by atoms with E-state index in [2.05, 4.69) is 20.9 Å². The molecule has 0 aliphatic heterocycles. The number of amides is 2. The molecule has 2 fully saturated rings. The molecule has 2 aliphatic rings. The standard InChI is InChI=1S/C22H33N5O2.HI/c1-23-21(29)18-6-4-5-15(11-18)9-10-24-22(25-14-20(28)27(2)3)26-19-13-16-7-8-17(19)12-16;/h4-6,11,16-17,19H,7-10,12-14H2,1-3H3,(H,23,29)(H2,24,25,26);1H. The van der Waals surface area contributed by atoms with Gasteiger partial charge in [-0.1, -0.05) is 18.6 Å². The van der Waals surface area contributed by atoms with E-state index in [0.29, 0.717) is 24.1 Å². The zero-order valence-electron chi connectivity index (χ0n) is 18.1. The highest BCUT2D eigenvalue weighted by Gasteiger charge is 2.39. The van der Waals surface area contributed by atoms with Gasteiger partial charge in [0, 0.05) is 39.3 Å². The minimum absolute atomic E-state index is 0. The number of likely N-dealkylation sites (N-methyl/N-ethyl adjacent to an activating group) is 1. The van der Waals surface area contributed by atoms with Crippen molar-refractivity contribution in [1.82, 2.24) is 20.9 Å². The number of hydrogen-bond acceptors (Lipinski definition) is 3. The number of fused-ring (bicyclic) bond motifs is 2. The Hall–Kier alpha value is -1.84. The summed E-state index contributed by atoms with van der Waals surface area (Å²) in [5.41, 5.74) is 1.75. The molecule has 8 heteroatoms. The van der Waals surface area contributed by atoms with E-state index in [-0.39, 0.29) is 42.3 Å². The number of hydrogen-bond donors (Lipinski definition) is 3. The van der Waals surface area contributed by atoms with Gasteiger partial charge in [-0.2, -0.15) is 0 Å². The Kier molecular flexibility index (Phi) is 9.38. The predicted octanol–water partition coefficient (Wildman–Crippen LogP) is 2.02. The largest absolute Gasteiger partial charge is 0.356 e. The summed E-state index contributed by atoms with van der Waals surface area (Å²) in [7, 11) is 5.12. The van der Waals surface area contributed by atoms with Gasteiger partial charge in [-0.15, -0.1) is 24.0 Å². The number of benzene rings is 1. The summed E-state index contributed by atoms with van der Waals surface area (Å²) in [4.78, 5) is 29.9. The zero-order valence-corrected chi connectivity index (χ0v) is 20.4. The third-order valence-electron chi connectivity index (χ3n) is 6.05. The van der Waals surface area contributed by atoms with Gasteiger partial charge in [0.2, 0.25) is 5.91 Å². The second-order valence-corrected chi connectivity index (χ2v) is 8.33. The van der Waals surface area contributed by atoms with E-state index < -0.39 is 0 Å². The highest BCUT2D eigenvalue weighted by molar-refractivity contribution is 14.0. The van der Waals surface area contributed by atoms with Crippen molar-refractivity contribution in [2.24, 2.45) is 16.8 Å². The first kappa shape index (κ1) is 24.4. The normalized spacial score (nSPS) is 22.2. The summed E-state index contributed by atoms with van der Waals surface area (Å²) in [6.45, 7) is 0.815. The van der Waals surface area contributed by atoms with Crippen molar-refractivity contribution in [3.05, 3.63) is 35.4 Å². The average Bonchev–Trinajstić information content (AvgIpc) is 3.34. The summed E-state index contributed by atoms with van der Waals surface area (Å²) in [5, 5.41) is 9.60. The van der Waals surface area contributed by atoms with Gasteiger partial charge in [0.1, 0.15) is 6.54 Å². The molecule has 0 radical (unpaired) electrons. The number of carbonyl (C=O) groups excluding carboxylic acids is 2. The first-order valence-electron chi connectivity index (χ1n) is 10.5. The Morgan fingerprint density at radius 2 is 2.00 bits per heavy atom. The maximum atomic E-state index is 12.0. The number of nitrogens with zero attached hydrogens (tertiary/aromatic N) is 2. The Balaban J connectivity index is 0.00000320. The van der Waals surface area contributed by atoms with Gasteiger partial charge in [0.15, 0.2) is 5.96 Å². The van der Waals surface area contributed by atoms with Crippen molar-refractivity contribution in [2.45, 2.75) is 38.1 Å². The molecular weight excluding hydrogens is 493 g/mol. The molecule has 2 bridgehead atoms. The van der Waals surface area contributed by atoms with Crippen molar-refractivity contribution in [3.8, 4) is 0 Å². The third kappa shape index (κ3) is 6.58. The minimum atomic E-state index is -0.0813. The van der Waals surface area contributed by atoms with Gasteiger partial charge in [-0.25, -0.2) is 4.99 Å². The lowest BCUT2D eigenvalue weighted by molar-refractivity contribution is -0.127. The van der Waals surface area contributed by atoms with Crippen LogP contribution in [-0.2, 0) is 11.2 Å². The highest BCUT2D eigenvalue weighted by atomic mass is 127. The van der Waals surface area contributed by atoms with Crippen LogP contribution in [0, 0.1) is 11.8 Å². The fourth-order valence-corrected chi connectivity index (χ4v) is 4.38. The molecule has 0 spiro atoms. The zero-order chi connectivity index (χ0) is 20.8. The molecular formula is C22H34IN5O2. The van der Waals surface area contributed by atoms with Crippen molar-refractivity contribution >= 4 is 41.8 Å². The van der Waals surface area contributed by atoms with E-state index >= 15 is 0 Å². The molecule has 0 aromatic heterocycles. The Labute approximate surface area is 196 Å². The molecule has 2 aliphatic carbocycles. The second-order valence-electron chi connectivity index (χ2n) is 8.33. The van der Waals surface area contributed by atoms with Crippen LogP contribution >= 0.6 is 24.0 Å². The van der Waals surface area contributed by atoms with E-state index in [9.17, 15) is 9.59 Å². The topological polar surface area (TPSA) is 85.8 Å². The summed E-state index contributed by atoms with van der Waals surface area (Å²) in [5.74, 6) is 2.18. The number of aliphatic imine (C=N–C) groups is 1. The van der Waals surface area contributed by atoms with E-state index in [1.54, 1.807) is 26.0 Å². The SMILES string of the molecule is CNC(=O)c1cccc(CCNC(=NCC(=O)N(C)C)NC2CC3CCC2C3)c1.I. The molecule has 0 heterocycles. The lowest BCUT2D eigenvalue weighted by Gasteiger charge is -2.25. The highest BCUT2D eigenvalue weighted by Crippen LogP contribution is 2.44. The van der Waals surface area contributed by atoms with Gasteiger partial charge < -0.3 is 20.9 Å². The molecule has 3 rings (SSSR count). The Morgan fingerprint density at radius 3 is 2.63 bits per heavy atom. The fourth-order valence-electron chi connectivity index (χ4n) is 4.38. The van der Waals surface area contributed by atoms with Crippen molar-refractivity contribution in [1.29, 1.82) is 0 Å². The molecule has 1 aromatic rings. The number of carbonyl (C=O) groups is 2. The van der Waals surface area contributed by atoms with Gasteiger partial charge in [0.05, 0.1) is 0 Å². The van der Waals surface area contributed by atoms with Crippen molar-refractivity contribution in [3.63, 3.8) is 0 Å². The van der Waals surface area contributed by atoms with E-state index in [1.807, 2.05) is 24.3 Å². The van der Waals surface area contributed by atoms with Crippen molar-refractivity contribution in [2.75, 3.05) is 34.2 Å². The van der Waals surface area contributed by atoms with E-state index in [0.717, 1.165) is 23.8 Å². The van der Waals surface area contributed by atoms with Gasteiger partial charge in [-0.05, 0) is 55.2 Å². The first-order valence-corrected chi connectivity index (χ1v) is 10.5. The van der Waals surface area contributed by atoms with Crippen LogP contribution in [0.4, 0.5) is 0 Å². The first-order chi connectivity index (χ1) is 14.0. The molecule has 166 valence electrons. The molecule has 0 saturated heterocycles. The van der Waals surface area contributed by atoms with Crippen LogP contribution in [-0.4, -0.2) is 62.9 Å². The predicted molar refractivity (Wildman–Crippen MR) is 130 cm³/mol. The van der Waals surface area contributed by atoms with Gasteiger partial charge in [-0.3, -0.25) is 9.59 Å². The Bertz CT molecular complexity index is 768. The molecule has 1 aromatic carbocycles. The second kappa shape index (κ2) is 11.5. The van der Waals surface area contributed by atoms with Crippen LogP contribution in [0.2, 0.25) is 0 Å². The maximum Gasteiger partial charge on any atom is 0.251 e. The van der Waals surface area contributed by atoms with E-state index in [4.69, 9.17) is 0 Å². The molecule has 2 saturated carbocycles. The summed E-state index contributed by atoms with van der Waals surface area (Å²) in [6, 6.07) is 8.09. The van der Waals surface area contributed by atoms with Crippen molar-refractivity contribution < 1.29 is 9.59 Å². The number of guanidine groups is 1. The van der Waals surface area contributed by atoms with Crippen LogP contribution in [0.3, 0.4) is 0 Å². The van der Waals surface area contributed by atoms with Crippen LogP contribution in [0.15, 0.2) is 29.3 Å². The lowest BCUT2D eigenvalue weighted by atomic mass is 9.95. The molecule has 30 heavy (non-hydrogen) atoms. The molecule has 2 amide bonds. The number of halogens is 1. The summed E-state index contributed by atoms with van der Waals surface area (Å²) < 4.78 is 0. The Morgan fingerprint density at radius 1 is 1.20 bits per heavy atom. The number of rotatable bonds is 7. The molecule has 3 N–H and O–H groups in total. The quantitative estimate of drug-likeness (QED) is 0.288. The smallest absolute Gasteiger partial charge is 0.251 e. The fraction of sp³-hybridized carbons (Fsp3) is 0.591. The molecule has 3 atom stereocenters. The third-order valence-corrected chi connectivity index (χ3v) is 6.05. The van der Waals surface area contributed by atoms with Gasteiger partial charge in [0.25, 0.3) is 5.91 Å². The van der Waals surface area contributed by atoms with Crippen LogP contribution in [0.25, 0.3) is 0 Å². The number of nitrogens with one attached hydrogen (secondary N) is 3. The monoisotopic (exact) mass is 527 g/mol. The van der Waals surface area contributed by atoms with Gasteiger partial charge >= 0.3 is 0 Å². The summed E-state index contributed by atoms with van der Waals surface area (Å²) >= 11 is 0. The maximum absolute atomic E-state index is 12.0. The molecule has 3 unspecified atom stereocenters. The average molecular weight is 527 g/mol.